The number of carbonyl (C=O) groups excluding carboxylic acids is 1. The van der Waals surface area contributed by atoms with E-state index in [0.29, 0.717) is 18.2 Å². The highest BCUT2D eigenvalue weighted by atomic mass is 32.1. The molecule has 1 aliphatic rings. The first-order valence-electron chi connectivity index (χ1n) is 8.03. The fraction of sp³-hybridized carbons (Fsp3) is 0.353. The number of rotatable bonds is 4. The van der Waals surface area contributed by atoms with Crippen molar-refractivity contribution in [3.63, 3.8) is 0 Å². The molecule has 124 valence electrons. The van der Waals surface area contributed by atoms with Gasteiger partial charge in [0.25, 0.3) is 5.91 Å². The third-order valence-electron chi connectivity index (χ3n) is 4.32. The first kappa shape index (κ1) is 15.1. The first-order chi connectivity index (χ1) is 11.7. The molecule has 0 aliphatic heterocycles. The zero-order valence-electron chi connectivity index (χ0n) is 13.3. The summed E-state index contributed by atoms with van der Waals surface area (Å²) in [7, 11) is 0. The molecular formula is C17H18N4O2S. The largest absolute Gasteiger partial charge is 0.462 e. The van der Waals surface area contributed by atoms with Gasteiger partial charge in [0.05, 0.1) is 18.5 Å². The summed E-state index contributed by atoms with van der Waals surface area (Å²) in [6.45, 7) is 2.59. The lowest BCUT2D eigenvalue weighted by Gasteiger charge is -2.17. The van der Waals surface area contributed by atoms with Crippen LogP contribution < -0.4 is 5.32 Å². The van der Waals surface area contributed by atoms with Crippen LogP contribution in [0.1, 0.15) is 40.8 Å². The quantitative estimate of drug-likeness (QED) is 0.763. The van der Waals surface area contributed by atoms with Gasteiger partial charge in [-0.15, -0.1) is 11.3 Å². The van der Waals surface area contributed by atoms with Crippen molar-refractivity contribution >= 4 is 17.2 Å². The maximum Gasteiger partial charge on any atom is 0.272 e. The van der Waals surface area contributed by atoms with Gasteiger partial charge in [-0.05, 0) is 37.3 Å². The Morgan fingerprint density at radius 2 is 2.46 bits per heavy atom. The Bertz CT molecular complexity index is 850. The third-order valence-corrected chi connectivity index (χ3v) is 5.23. The van der Waals surface area contributed by atoms with Crippen molar-refractivity contribution in [2.45, 2.75) is 32.7 Å². The Labute approximate surface area is 143 Å². The van der Waals surface area contributed by atoms with Gasteiger partial charge >= 0.3 is 0 Å². The van der Waals surface area contributed by atoms with Gasteiger partial charge in [-0.1, -0.05) is 6.92 Å². The van der Waals surface area contributed by atoms with E-state index in [1.165, 1.54) is 11.3 Å². The van der Waals surface area contributed by atoms with E-state index in [4.69, 9.17) is 4.42 Å². The molecule has 3 aromatic heterocycles. The van der Waals surface area contributed by atoms with Crippen LogP contribution in [-0.2, 0) is 19.4 Å². The molecule has 0 aromatic carbocycles. The fourth-order valence-corrected chi connectivity index (χ4v) is 3.80. The number of carbonyl (C=O) groups is 1. The molecule has 7 heteroatoms. The van der Waals surface area contributed by atoms with Gasteiger partial charge in [-0.25, -0.2) is 4.98 Å². The third kappa shape index (κ3) is 2.87. The Morgan fingerprint density at radius 1 is 1.54 bits per heavy atom. The lowest BCUT2D eigenvalue weighted by atomic mass is 9.87. The van der Waals surface area contributed by atoms with E-state index in [9.17, 15) is 4.79 Å². The first-order valence-corrected chi connectivity index (χ1v) is 8.91. The van der Waals surface area contributed by atoms with Crippen molar-refractivity contribution in [2.24, 2.45) is 5.92 Å². The summed E-state index contributed by atoms with van der Waals surface area (Å²) in [5.41, 5.74) is 3.52. The van der Waals surface area contributed by atoms with Gasteiger partial charge in [0.2, 0.25) is 0 Å². The van der Waals surface area contributed by atoms with Crippen molar-refractivity contribution < 1.29 is 9.21 Å². The van der Waals surface area contributed by atoms with Crippen molar-refractivity contribution in [2.75, 3.05) is 0 Å². The predicted octanol–water partition coefficient (Wildman–Crippen LogP) is 3.18. The maximum atomic E-state index is 12.5. The molecule has 3 aromatic rings. The van der Waals surface area contributed by atoms with E-state index in [-0.39, 0.29) is 5.91 Å². The molecule has 0 bridgehead atoms. The summed E-state index contributed by atoms with van der Waals surface area (Å²) in [5, 5.41) is 12.9. The van der Waals surface area contributed by atoms with Crippen LogP contribution in [-0.4, -0.2) is 21.1 Å². The van der Waals surface area contributed by atoms with Crippen molar-refractivity contribution in [3.05, 3.63) is 46.4 Å². The summed E-state index contributed by atoms with van der Waals surface area (Å²) in [5.74, 6) is 1.19. The maximum absolute atomic E-state index is 12.5. The summed E-state index contributed by atoms with van der Waals surface area (Å²) in [4.78, 5) is 16.9. The standard InChI is InChI=1S/C17H18N4O2S/c1-10-4-5-13-12(7-10)15(21-20-13)16(22)18-8-11-9-24-17(19-11)14-3-2-6-23-14/h2-3,6,9-10H,4-5,7-8H2,1H3,(H,18,22)(H,20,21). The number of aromatic nitrogens is 3. The van der Waals surface area contributed by atoms with Gasteiger partial charge in [0.1, 0.15) is 0 Å². The van der Waals surface area contributed by atoms with Crippen LogP contribution in [0.25, 0.3) is 10.8 Å². The van der Waals surface area contributed by atoms with Crippen LogP contribution in [0.5, 0.6) is 0 Å². The number of thiazole rings is 1. The number of fused-ring (bicyclic) bond motifs is 1. The number of H-pyrrole nitrogens is 1. The van der Waals surface area contributed by atoms with E-state index >= 15 is 0 Å². The number of hydrogen-bond donors (Lipinski definition) is 2. The molecule has 0 radical (unpaired) electrons. The second kappa shape index (κ2) is 6.24. The lowest BCUT2D eigenvalue weighted by Crippen LogP contribution is -2.25. The van der Waals surface area contributed by atoms with Gasteiger partial charge in [-0.3, -0.25) is 9.89 Å². The number of aryl methyl sites for hydroxylation is 1. The van der Waals surface area contributed by atoms with Crippen LogP contribution in [0.3, 0.4) is 0 Å². The van der Waals surface area contributed by atoms with Gasteiger partial charge < -0.3 is 9.73 Å². The molecule has 3 heterocycles. The average Bonchev–Trinajstić information content (AvgIpc) is 3.31. The van der Waals surface area contributed by atoms with E-state index in [1.807, 2.05) is 17.5 Å². The Kier molecular flexibility index (Phi) is 3.93. The molecule has 1 aliphatic carbocycles. The molecule has 0 fully saturated rings. The van der Waals surface area contributed by atoms with E-state index < -0.39 is 0 Å². The van der Waals surface area contributed by atoms with Crippen LogP contribution in [0.2, 0.25) is 0 Å². The molecule has 1 atom stereocenters. The molecule has 0 saturated carbocycles. The molecule has 24 heavy (non-hydrogen) atoms. The van der Waals surface area contributed by atoms with Gasteiger partial charge in [-0.2, -0.15) is 5.10 Å². The monoisotopic (exact) mass is 342 g/mol. The number of hydrogen-bond acceptors (Lipinski definition) is 5. The van der Waals surface area contributed by atoms with Crippen LogP contribution in [0.4, 0.5) is 0 Å². The smallest absolute Gasteiger partial charge is 0.272 e. The van der Waals surface area contributed by atoms with Crippen LogP contribution in [0, 0.1) is 5.92 Å². The second-order valence-corrected chi connectivity index (χ2v) is 7.04. The Balaban J connectivity index is 1.43. The van der Waals surface area contributed by atoms with Crippen LogP contribution in [0.15, 0.2) is 28.2 Å². The molecule has 1 amide bonds. The normalized spacial score (nSPS) is 16.8. The second-order valence-electron chi connectivity index (χ2n) is 6.18. The highest BCUT2D eigenvalue weighted by Crippen LogP contribution is 2.26. The Morgan fingerprint density at radius 3 is 3.29 bits per heavy atom. The highest BCUT2D eigenvalue weighted by Gasteiger charge is 2.24. The van der Waals surface area contributed by atoms with E-state index in [1.54, 1.807) is 6.26 Å². The van der Waals surface area contributed by atoms with Crippen molar-refractivity contribution in [1.29, 1.82) is 0 Å². The Hall–Kier alpha value is -2.41. The minimum Gasteiger partial charge on any atom is -0.462 e. The molecule has 2 N–H and O–H groups in total. The SMILES string of the molecule is CC1CCc2[nH]nc(C(=O)NCc3csc(-c4ccco4)n3)c2C1. The zero-order chi connectivity index (χ0) is 16.5. The van der Waals surface area contributed by atoms with Gasteiger partial charge in [0.15, 0.2) is 16.5 Å². The molecular weight excluding hydrogens is 324 g/mol. The number of nitrogens with one attached hydrogen (secondary N) is 2. The minimum absolute atomic E-state index is 0.144. The molecule has 6 nitrogen and oxygen atoms in total. The van der Waals surface area contributed by atoms with E-state index in [2.05, 4.69) is 27.4 Å². The summed E-state index contributed by atoms with van der Waals surface area (Å²) in [6.07, 6.45) is 4.65. The fourth-order valence-electron chi connectivity index (χ4n) is 3.01. The summed E-state index contributed by atoms with van der Waals surface area (Å²) >= 11 is 1.50. The van der Waals surface area contributed by atoms with Crippen molar-refractivity contribution in [1.82, 2.24) is 20.5 Å². The average molecular weight is 342 g/mol. The summed E-state index contributed by atoms with van der Waals surface area (Å²) < 4.78 is 5.34. The number of nitrogens with zero attached hydrogens (tertiary/aromatic N) is 2. The zero-order valence-corrected chi connectivity index (χ0v) is 14.2. The molecule has 0 spiro atoms. The lowest BCUT2D eigenvalue weighted by molar-refractivity contribution is 0.0944. The van der Waals surface area contributed by atoms with Crippen LogP contribution >= 0.6 is 11.3 Å². The highest BCUT2D eigenvalue weighted by molar-refractivity contribution is 7.13. The molecule has 1 unspecified atom stereocenters. The molecule has 4 rings (SSSR count). The number of furan rings is 1. The van der Waals surface area contributed by atoms with Crippen molar-refractivity contribution in [3.8, 4) is 10.8 Å². The topological polar surface area (TPSA) is 83.8 Å². The number of amides is 1. The molecule has 0 saturated heterocycles. The van der Waals surface area contributed by atoms with Gasteiger partial charge in [0, 0.05) is 16.6 Å². The van der Waals surface area contributed by atoms with E-state index in [0.717, 1.165) is 47.0 Å². The predicted molar refractivity (Wildman–Crippen MR) is 90.8 cm³/mol. The minimum atomic E-state index is -0.144. The summed E-state index contributed by atoms with van der Waals surface area (Å²) in [6, 6.07) is 3.71. The number of aromatic amines is 1.